The van der Waals surface area contributed by atoms with Crippen molar-refractivity contribution in [2.75, 3.05) is 6.61 Å². The van der Waals surface area contributed by atoms with Gasteiger partial charge in [0.2, 0.25) is 0 Å². The van der Waals surface area contributed by atoms with Gasteiger partial charge in [-0.25, -0.2) is 0 Å². The first-order valence-electron chi connectivity index (χ1n) is 6.03. The molecular formula is C13H17F3O3. The molecule has 0 radical (unpaired) electrons. The molecule has 1 aromatic rings. The minimum atomic E-state index is -4.79. The second-order valence-corrected chi connectivity index (χ2v) is 3.93. The van der Waals surface area contributed by atoms with E-state index >= 15 is 0 Å². The highest BCUT2D eigenvalue weighted by Gasteiger charge is 2.33. The lowest BCUT2D eigenvalue weighted by atomic mass is 10.0. The number of aliphatic hydroxyl groups excluding tert-OH is 1. The van der Waals surface area contributed by atoms with Gasteiger partial charge in [-0.1, -0.05) is 25.1 Å². The van der Waals surface area contributed by atoms with Crippen molar-refractivity contribution in [2.24, 2.45) is 0 Å². The number of aliphatic hydroxyl groups is 1. The van der Waals surface area contributed by atoms with Crippen molar-refractivity contribution >= 4 is 0 Å². The third kappa shape index (κ3) is 4.72. The van der Waals surface area contributed by atoms with Crippen molar-refractivity contribution < 1.29 is 27.8 Å². The van der Waals surface area contributed by atoms with Crippen LogP contribution >= 0.6 is 0 Å². The molecule has 0 aromatic heterocycles. The Morgan fingerprint density at radius 3 is 2.37 bits per heavy atom. The van der Waals surface area contributed by atoms with E-state index in [0.29, 0.717) is 13.0 Å². The molecule has 1 N–H and O–H groups in total. The lowest BCUT2D eigenvalue weighted by molar-refractivity contribution is -0.275. The zero-order chi connectivity index (χ0) is 14.5. The molecule has 2 atom stereocenters. The Kier molecular flexibility index (Phi) is 5.62. The van der Waals surface area contributed by atoms with Gasteiger partial charge in [0.05, 0.1) is 6.10 Å². The van der Waals surface area contributed by atoms with Crippen LogP contribution in [0.15, 0.2) is 24.3 Å². The number of halogens is 3. The number of ether oxygens (including phenoxy) is 2. The highest BCUT2D eigenvalue weighted by Crippen LogP contribution is 2.33. The van der Waals surface area contributed by atoms with Crippen LogP contribution in [0.2, 0.25) is 0 Å². The second kappa shape index (κ2) is 6.77. The topological polar surface area (TPSA) is 38.7 Å². The number of hydrogen-bond donors (Lipinski definition) is 1. The van der Waals surface area contributed by atoms with Crippen molar-refractivity contribution in [2.45, 2.75) is 38.8 Å². The minimum absolute atomic E-state index is 0.0696. The second-order valence-electron chi connectivity index (χ2n) is 3.93. The van der Waals surface area contributed by atoms with Gasteiger partial charge in [0, 0.05) is 12.2 Å². The summed E-state index contributed by atoms with van der Waals surface area (Å²) in [5, 5.41) is 10.1. The molecule has 0 bridgehead atoms. The molecular weight excluding hydrogens is 261 g/mol. The molecule has 2 unspecified atom stereocenters. The van der Waals surface area contributed by atoms with E-state index in [1.807, 2.05) is 0 Å². The van der Waals surface area contributed by atoms with Gasteiger partial charge in [0.1, 0.15) is 11.9 Å². The minimum Gasteiger partial charge on any atom is -0.405 e. The Hall–Kier alpha value is -1.27. The Bertz CT molecular complexity index is 393. The SMILES string of the molecule is CCOC(CC)C(O)c1ccccc1OC(F)(F)F. The van der Waals surface area contributed by atoms with Crippen LogP contribution in [0.4, 0.5) is 13.2 Å². The summed E-state index contributed by atoms with van der Waals surface area (Å²) in [5.41, 5.74) is 0.0696. The van der Waals surface area contributed by atoms with Gasteiger partial charge < -0.3 is 14.6 Å². The fourth-order valence-electron chi connectivity index (χ4n) is 1.79. The largest absolute Gasteiger partial charge is 0.573 e. The van der Waals surface area contributed by atoms with E-state index in [2.05, 4.69) is 4.74 Å². The summed E-state index contributed by atoms with van der Waals surface area (Å²) in [5.74, 6) is -0.402. The fraction of sp³-hybridized carbons (Fsp3) is 0.538. The van der Waals surface area contributed by atoms with Gasteiger partial charge in [-0.15, -0.1) is 13.2 Å². The molecule has 0 heterocycles. The van der Waals surface area contributed by atoms with Crippen LogP contribution in [-0.4, -0.2) is 24.2 Å². The van der Waals surface area contributed by atoms with E-state index in [0.717, 1.165) is 0 Å². The molecule has 0 aliphatic rings. The summed E-state index contributed by atoms with van der Waals surface area (Å²) >= 11 is 0. The predicted octanol–water partition coefficient (Wildman–Crippen LogP) is 3.43. The molecule has 0 saturated carbocycles. The zero-order valence-corrected chi connectivity index (χ0v) is 10.8. The molecule has 0 fully saturated rings. The van der Waals surface area contributed by atoms with Gasteiger partial charge in [0.15, 0.2) is 0 Å². The molecule has 1 rings (SSSR count). The maximum Gasteiger partial charge on any atom is 0.573 e. The molecule has 1 aromatic carbocycles. The van der Waals surface area contributed by atoms with Crippen LogP contribution in [-0.2, 0) is 4.74 Å². The number of para-hydroxylation sites is 1. The van der Waals surface area contributed by atoms with Crippen LogP contribution in [0, 0.1) is 0 Å². The molecule has 0 aliphatic heterocycles. The smallest absolute Gasteiger partial charge is 0.405 e. The molecule has 19 heavy (non-hydrogen) atoms. The lowest BCUT2D eigenvalue weighted by Gasteiger charge is -2.24. The fourth-order valence-corrected chi connectivity index (χ4v) is 1.79. The highest BCUT2D eigenvalue weighted by molar-refractivity contribution is 5.35. The van der Waals surface area contributed by atoms with Gasteiger partial charge >= 0.3 is 6.36 Å². The third-order valence-electron chi connectivity index (χ3n) is 2.60. The number of alkyl halides is 3. The average molecular weight is 278 g/mol. The van der Waals surface area contributed by atoms with Gasteiger partial charge in [-0.05, 0) is 19.4 Å². The predicted molar refractivity (Wildman–Crippen MR) is 63.8 cm³/mol. The quantitative estimate of drug-likeness (QED) is 0.866. The van der Waals surface area contributed by atoms with Crippen LogP contribution in [0.5, 0.6) is 5.75 Å². The molecule has 108 valence electrons. The van der Waals surface area contributed by atoms with Crippen LogP contribution in [0.1, 0.15) is 31.9 Å². The lowest BCUT2D eigenvalue weighted by Crippen LogP contribution is -2.24. The first kappa shape index (κ1) is 15.8. The Labute approximate surface area is 110 Å². The van der Waals surface area contributed by atoms with Crippen molar-refractivity contribution in [1.29, 1.82) is 0 Å². The van der Waals surface area contributed by atoms with Crippen molar-refractivity contribution in [3.63, 3.8) is 0 Å². The monoisotopic (exact) mass is 278 g/mol. The average Bonchev–Trinajstić information content (AvgIpc) is 2.34. The standard InChI is InChI=1S/C13H17F3O3/c1-3-10(18-4-2)12(17)9-7-5-6-8-11(9)19-13(14,15)16/h5-8,10,12,17H,3-4H2,1-2H3. The van der Waals surface area contributed by atoms with E-state index < -0.39 is 24.3 Å². The van der Waals surface area contributed by atoms with Crippen molar-refractivity contribution in [1.82, 2.24) is 0 Å². The first-order chi connectivity index (χ1) is 8.89. The third-order valence-corrected chi connectivity index (χ3v) is 2.60. The summed E-state index contributed by atoms with van der Waals surface area (Å²) in [7, 11) is 0. The molecule has 0 amide bonds. The van der Waals surface area contributed by atoms with Crippen molar-refractivity contribution in [3.05, 3.63) is 29.8 Å². The van der Waals surface area contributed by atoms with Crippen LogP contribution < -0.4 is 4.74 Å². The summed E-state index contributed by atoms with van der Waals surface area (Å²) in [6, 6.07) is 5.53. The summed E-state index contributed by atoms with van der Waals surface area (Å²) in [6.45, 7) is 3.92. The maximum absolute atomic E-state index is 12.3. The normalized spacial score (nSPS) is 15.1. The zero-order valence-electron chi connectivity index (χ0n) is 10.8. The van der Waals surface area contributed by atoms with Crippen LogP contribution in [0.3, 0.4) is 0 Å². The number of benzene rings is 1. The van der Waals surface area contributed by atoms with E-state index in [9.17, 15) is 18.3 Å². The highest BCUT2D eigenvalue weighted by atomic mass is 19.4. The Morgan fingerprint density at radius 1 is 1.21 bits per heavy atom. The van der Waals surface area contributed by atoms with Crippen molar-refractivity contribution in [3.8, 4) is 5.75 Å². The van der Waals surface area contributed by atoms with E-state index in [1.165, 1.54) is 18.2 Å². The molecule has 0 saturated heterocycles. The molecule has 0 aliphatic carbocycles. The first-order valence-corrected chi connectivity index (χ1v) is 6.03. The van der Waals surface area contributed by atoms with Gasteiger partial charge in [-0.2, -0.15) is 0 Å². The Morgan fingerprint density at radius 2 is 1.84 bits per heavy atom. The van der Waals surface area contributed by atoms with Gasteiger partial charge in [-0.3, -0.25) is 0 Å². The number of hydrogen-bond acceptors (Lipinski definition) is 3. The van der Waals surface area contributed by atoms with E-state index in [-0.39, 0.29) is 5.56 Å². The summed E-state index contributed by atoms with van der Waals surface area (Å²) in [4.78, 5) is 0. The van der Waals surface area contributed by atoms with E-state index in [1.54, 1.807) is 19.9 Å². The molecule has 0 spiro atoms. The summed E-state index contributed by atoms with van der Waals surface area (Å²) < 4.78 is 46.1. The maximum atomic E-state index is 12.3. The Balaban J connectivity index is 2.98. The number of rotatable bonds is 6. The van der Waals surface area contributed by atoms with E-state index in [4.69, 9.17) is 4.74 Å². The molecule has 6 heteroatoms. The van der Waals surface area contributed by atoms with Gasteiger partial charge in [0.25, 0.3) is 0 Å². The summed E-state index contributed by atoms with van der Waals surface area (Å²) in [6.07, 6.45) is -6.04. The van der Waals surface area contributed by atoms with Crippen LogP contribution in [0.25, 0.3) is 0 Å². The molecule has 3 nitrogen and oxygen atoms in total.